The molecule has 0 fully saturated rings. The molecule has 1 amide bonds. The van der Waals surface area contributed by atoms with Gasteiger partial charge < -0.3 is 14.8 Å². The molecule has 0 atom stereocenters. The number of carbonyl (C=O) groups is 1. The van der Waals surface area contributed by atoms with Crippen LogP contribution in [0, 0.1) is 5.82 Å². The largest absolute Gasteiger partial charge is 0.325 e. The molecule has 124 valence electrons. The van der Waals surface area contributed by atoms with Gasteiger partial charge in [0.05, 0.1) is 17.6 Å². The van der Waals surface area contributed by atoms with Gasteiger partial charge in [-0.3, -0.25) is 4.79 Å². The molecule has 1 N–H and O–H groups in total. The number of anilines is 1. The topological polar surface area (TPSA) is 50.2 Å². The van der Waals surface area contributed by atoms with E-state index in [4.69, 9.17) is 0 Å². The van der Waals surface area contributed by atoms with Gasteiger partial charge in [-0.2, -0.15) is 0 Å². The Balaban J connectivity index is 1.85. The van der Waals surface area contributed by atoms with Crippen molar-refractivity contribution in [3.8, 4) is 0 Å². The standard InChI is InChI=1S/C18H19FN4O/c1-22(2)11-17-21-15-5-3-4-6-16(15)23(17)12-18(24)20-14-9-7-13(19)8-10-14/h3-10H,11-12H2,1-2H3,(H,20,24). The van der Waals surface area contributed by atoms with Crippen LogP contribution in [0.5, 0.6) is 0 Å². The molecule has 0 aliphatic heterocycles. The maximum atomic E-state index is 12.9. The molecule has 3 rings (SSSR count). The summed E-state index contributed by atoms with van der Waals surface area (Å²) < 4.78 is 14.9. The Morgan fingerprint density at radius 3 is 2.58 bits per heavy atom. The first-order valence-corrected chi connectivity index (χ1v) is 7.67. The molecule has 24 heavy (non-hydrogen) atoms. The number of para-hydroxylation sites is 2. The minimum Gasteiger partial charge on any atom is -0.325 e. The Hall–Kier alpha value is -2.73. The van der Waals surface area contributed by atoms with Crippen molar-refractivity contribution >= 4 is 22.6 Å². The van der Waals surface area contributed by atoms with E-state index in [-0.39, 0.29) is 18.3 Å². The molecule has 0 saturated heterocycles. The normalized spacial score (nSPS) is 11.2. The number of amides is 1. The third-order valence-corrected chi connectivity index (χ3v) is 3.62. The second-order valence-electron chi connectivity index (χ2n) is 5.90. The summed E-state index contributed by atoms with van der Waals surface area (Å²) in [4.78, 5) is 19.0. The van der Waals surface area contributed by atoms with Crippen LogP contribution < -0.4 is 5.32 Å². The smallest absolute Gasteiger partial charge is 0.244 e. The summed E-state index contributed by atoms with van der Waals surface area (Å²) in [7, 11) is 3.92. The number of carbonyl (C=O) groups excluding carboxylic acids is 1. The molecule has 3 aromatic rings. The van der Waals surface area contributed by atoms with Crippen molar-refractivity contribution in [2.75, 3.05) is 19.4 Å². The lowest BCUT2D eigenvalue weighted by molar-refractivity contribution is -0.116. The molecule has 1 heterocycles. The zero-order chi connectivity index (χ0) is 17.1. The molecule has 0 aliphatic carbocycles. The molecular weight excluding hydrogens is 307 g/mol. The van der Waals surface area contributed by atoms with Crippen molar-refractivity contribution in [2.45, 2.75) is 13.1 Å². The van der Waals surface area contributed by atoms with Crippen molar-refractivity contribution in [1.29, 1.82) is 0 Å². The predicted octanol–water partition coefficient (Wildman–Crippen LogP) is 2.88. The van der Waals surface area contributed by atoms with Gasteiger partial charge in [0.25, 0.3) is 0 Å². The van der Waals surface area contributed by atoms with E-state index < -0.39 is 0 Å². The summed E-state index contributed by atoms with van der Waals surface area (Å²) in [5, 5.41) is 2.78. The average Bonchev–Trinajstić information content (AvgIpc) is 2.86. The molecule has 1 aromatic heterocycles. The highest BCUT2D eigenvalue weighted by Gasteiger charge is 2.14. The molecule has 5 nitrogen and oxygen atoms in total. The molecule has 6 heteroatoms. The third-order valence-electron chi connectivity index (χ3n) is 3.62. The number of nitrogens with one attached hydrogen (secondary N) is 1. The second-order valence-corrected chi connectivity index (χ2v) is 5.90. The number of hydrogen-bond acceptors (Lipinski definition) is 3. The molecule has 0 bridgehead atoms. The van der Waals surface area contributed by atoms with E-state index in [2.05, 4.69) is 10.3 Å². The monoisotopic (exact) mass is 326 g/mol. The Labute approximate surface area is 139 Å². The van der Waals surface area contributed by atoms with Crippen LogP contribution in [0.2, 0.25) is 0 Å². The van der Waals surface area contributed by atoms with Crippen LogP contribution in [0.3, 0.4) is 0 Å². The lowest BCUT2D eigenvalue weighted by atomic mass is 10.3. The van der Waals surface area contributed by atoms with Crippen LogP contribution in [0.25, 0.3) is 11.0 Å². The van der Waals surface area contributed by atoms with Gasteiger partial charge in [-0.25, -0.2) is 9.37 Å². The highest BCUT2D eigenvalue weighted by molar-refractivity contribution is 5.91. The van der Waals surface area contributed by atoms with E-state index in [0.29, 0.717) is 12.2 Å². The van der Waals surface area contributed by atoms with Crippen molar-refractivity contribution in [3.05, 3.63) is 60.2 Å². The summed E-state index contributed by atoms with van der Waals surface area (Å²) in [5.41, 5.74) is 2.35. The number of halogens is 1. The number of imidazole rings is 1. The predicted molar refractivity (Wildman–Crippen MR) is 92.2 cm³/mol. The molecular formula is C18H19FN4O. The maximum absolute atomic E-state index is 12.9. The van der Waals surface area contributed by atoms with E-state index in [0.717, 1.165) is 16.9 Å². The van der Waals surface area contributed by atoms with Crippen LogP contribution in [0.15, 0.2) is 48.5 Å². The van der Waals surface area contributed by atoms with E-state index in [1.807, 2.05) is 47.8 Å². The van der Waals surface area contributed by atoms with Crippen LogP contribution in [0.1, 0.15) is 5.82 Å². The van der Waals surface area contributed by atoms with Crippen LogP contribution in [-0.4, -0.2) is 34.5 Å². The van der Waals surface area contributed by atoms with Crippen LogP contribution >= 0.6 is 0 Å². The zero-order valence-corrected chi connectivity index (χ0v) is 13.7. The quantitative estimate of drug-likeness (QED) is 0.784. The van der Waals surface area contributed by atoms with E-state index in [1.165, 1.54) is 12.1 Å². The highest BCUT2D eigenvalue weighted by Crippen LogP contribution is 2.17. The first-order chi connectivity index (χ1) is 11.5. The summed E-state index contributed by atoms with van der Waals surface area (Å²) >= 11 is 0. The first-order valence-electron chi connectivity index (χ1n) is 7.67. The number of benzene rings is 2. The van der Waals surface area contributed by atoms with Gasteiger partial charge in [0.2, 0.25) is 5.91 Å². The van der Waals surface area contributed by atoms with Gasteiger partial charge in [-0.15, -0.1) is 0 Å². The van der Waals surface area contributed by atoms with Crippen LogP contribution in [0.4, 0.5) is 10.1 Å². The third kappa shape index (κ3) is 3.60. The zero-order valence-electron chi connectivity index (χ0n) is 13.7. The highest BCUT2D eigenvalue weighted by atomic mass is 19.1. The molecule has 0 unspecified atom stereocenters. The van der Waals surface area contributed by atoms with E-state index >= 15 is 0 Å². The molecule has 0 radical (unpaired) electrons. The minimum absolute atomic E-state index is 0.154. The van der Waals surface area contributed by atoms with Gasteiger partial charge >= 0.3 is 0 Å². The van der Waals surface area contributed by atoms with Crippen molar-refractivity contribution in [1.82, 2.24) is 14.5 Å². The number of hydrogen-bond donors (Lipinski definition) is 1. The van der Waals surface area contributed by atoms with Crippen molar-refractivity contribution in [2.24, 2.45) is 0 Å². The van der Waals surface area contributed by atoms with Gasteiger partial charge in [0.15, 0.2) is 0 Å². The summed E-state index contributed by atoms with van der Waals surface area (Å²) in [6, 6.07) is 13.5. The Kier molecular flexibility index (Phi) is 4.57. The molecule has 2 aromatic carbocycles. The summed E-state index contributed by atoms with van der Waals surface area (Å²) in [6.07, 6.45) is 0. The second kappa shape index (κ2) is 6.80. The Morgan fingerprint density at radius 2 is 1.88 bits per heavy atom. The lowest BCUT2D eigenvalue weighted by Gasteiger charge is -2.13. The maximum Gasteiger partial charge on any atom is 0.244 e. The van der Waals surface area contributed by atoms with E-state index in [1.54, 1.807) is 12.1 Å². The van der Waals surface area contributed by atoms with Gasteiger partial charge in [0, 0.05) is 5.69 Å². The molecule has 0 spiro atoms. The summed E-state index contributed by atoms with van der Waals surface area (Å²) in [5.74, 6) is 0.321. The minimum atomic E-state index is -0.332. The SMILES string of the molecule is CN(C)Cc1nc2ccccc2n1CC(=O)Nc1ccc(F)cc1. The van der Waals surface area contributed by atoms with Crippen molar-refractivity contribution < 1.29 is 9.18 Å². The molecule has 0 aliphatic rings. The van der Waals surface area contributed by atoms with Gasteiger partial charge in [-0.05, 0) is 50.5 Å². The molecule has 0 saturated carbocycles. The fraction of sp³-hybridized carbons (Fsp3) is 0.222. The fourth-order valence-corrected chi connectivity index (χ4v) is 2.58. The number of fused-ring (bicyclic) bond motifs is 1. The van der Waals surface area contributed by atoms with Gasteiger partial charge in [0.1, 0.15) is 18.2 Å². The number of nitrogens with zero attached hydrogens (tertiary/aromatic N) is 3. The Morgan fingerprint density at radius 1 is 1.17 bits per heavy atom. The van der Waals surface area contributed by atoms with E-state index in [9.17, 15) is 9.18 Å². The van der Waals surface area contributed by atoms with Gasteiger partial charge in [-0.1, -0.05) is 12.1 Å². The number of rotatable bonds is 5. The Bertz CT molecular complexity index is 855. The fourth-order valence-electron chi connectivity index (χ4n) is 2.58. The van der Waals surface area contributed by atoms with Crippen molar-refractivity contribution in [3.63, 3.8) is 0 Å². The summed E-state index contributed by atoms with van der Waals surface area (Å²) in [6.45, 7) is 0.791. The lowest BCUT2D eigenvalue weighted by Crippen LogP contribution is -2.22. The average molecular weight is 326 g/mol. The first kappa shape index (κ1) is 16.1. The number of aromatic nitrogens is 2. The van der Waals surface area contributed by atoms with Crippen LogP contribution in [-0.2, 0) is 17.9 Å².